The molecule has 31 heavy (non-hydrogen) atoms. The zero-order chi connectivity index (χ0) is 20.6. The Morgan fingerprint density at radius 1 is 0.806 bits per heavy atom. The number of likely N-dealkylation sites (tertiary alicyclic amines) is 1. The Morgan fingerprint density at radius 2 is 1.48 bits per heavy atom. The van der Waals surface area contributed by atoms with Gasteiger partial charge in [-0.15, -0.1) is 12.4 Å². The topological polar surface area (TPSA) is 21.7 Å². The molecular weight excluding hydrogens is 406 g/mol. The van der Waals surface area contributed by atoms with Gasteiger partial charge in [-0.2, -0.15) is 0 Å². The molecule has 1 aliphatic rings. The van der Waals surface area contributed by atoms with Crippen LogP contribution >= 0.6 is 12.4 Å². The normalized spacial score (nSPS) is 16.0. The summed E-state index contributed by atoms with van der Waals surface area (Å²) >= 11 is 0. The summed E-state index contributed by atoms with van der Waals surface area (Å²) in [7, 11) is 0. The monoisotopic (exact) mass is 437 g/mol. The first-order chi connectivity index (χ1) is 14.7. The van der Waals surface area contributed by atoms with Gasteiger partial charge >= 0.3 is 0 Å². The standard InChI is InChI=1S/C27H31NO2.ClH/c1-22-7-9-23(10-8-22)19-25-15-16-28(20-25)17-18-29-26-11-13-27(14-12-26)30-21-24-5-3-2-4-6-24;/h2-14,25H,15-21H2,1H3;1H. The van der Waals surface area contributed by atoms with Gasteiger partial charge in [0.15, 0.2) is 0 Å². The molecule has 1 unspecified atom stereocenters. The molecule has 0 aliphatic carbocycles. The highest BCUT2D eigenvalue weighted by Gasteiger charge is 2.22. The van der Waals surface area contributed by atoms with E-state index < -0.39 is 0 Å². The van der Waals surface area contributed by atoms with Gasteiger partial charge in [-0.05, 0) is 67.6 Å². The summed E-state index contributed by atoms with van der Waals surface area (Å²) in [6.45, 7) is 6.78. The van der Waals surface area contributed by atoms with Crippen molar-refractivity contribution in [3.05, 3.63) is 95.6 Å². The lowest BCUT2D eigenvalue weighted by Gasteiger charge is -2.17. The van der Waals surface area contributed by atoms with Crippen molar-refractivity contribution in [2.24, 2.45) is 5.92 Å². The minimum atomic E-state index is 0. The number of ether oxygens (including phenoxy) is 2. The van der Waals surface area contributed by atoms with E-state index in [1.165, 1.54) is 42.6 Å². The van der Waals surface area contributed by atoms with Gasteiger partial charge in [-0.3, -0.25) is 4.90 Å². The van der Waals surface area contributed by atoms with Crippen LogP contribution in [0, 0.1) is 12.8 Å². The van der Waals surface area contributed by atoms with Gasteiger partial charge in [-0.25, -0.2) is 0 Å². The Labute approximate surface area is 192 Å². The first-order valence-corrected chi connectivity index (χ1v) is 10.9. The second-order valence-electron chi connectivity index (χ2n) is 8.24. The summed E-state index contributed by atoms with van der Waals surface area (Å²) < 4.78 is 11.8. The molecule has 1 heterocycles. The number of benzene rings is 3. The van der Waals surface area contributed by atoms with Crippen molar-refractivity contribution in [3.8, 4) is 11.5 Å². The van der Waals surface area contributed by atoms with E-state index in [9.17, 15) is 0 Å². The maximum Gasteiger partial charge on any atom is 0.120 e. The molecule has 3 nitrogen and oxygen atoms in total. The second-order valence-corrected chi connectivity index (χ2v) is 8.24. The Kier molecular flexibility index (Phi) is 8.81. The van der Waals surface area contributed by atoms with Crippen LogP contribution in [0.4, 0.5) is 0 Å². The number of halogens is 1. The van der Waals surface area contributed by atoms with E-state index in [1.807, 2.05) is 42.5 Å². The van der Waals surface area contributed by atoms with Gasteiger partial charge in [-0.1, -0.05) is 60.2 Å². The Morgan fingerprint density at radius 3 is 2.19 bits per heavy atom. The quantitative estimate of drug-likeness (QED) is 0.413. The molecule has 3 aromatic carbocycles. The Balaban J connectivity index is 0.00000272. The number of nitrogens with zero attached hydrogens (tertiary/aromatic N) is 1. The molecule has 0 saturated carbocycles. The van der Waals surface area contributed by atoms with Crippen molar-refractivity contribution >= 4 is 12.4 Å². The van der Waals surface area contributed by atoms with Crippen LogP contribution < -0.4 is 9.47 Å². The third-order valence-corrected chi connectivity index (χ3v) is 5.76. The lowest BCUT2D eigenvalue weighted by molar-refractivity contribution is 0.232. The fourth-order valence-electron chi connectivity index (χ4n) is 4.01. The van der Waals surface area contributed by atoms with Crippen LogP contribution in [-0.2, 0) is 13.0 Å². The molecule has 1 fully saturated rings. The molecule has 0 amide bonds. The highest BCUT2D eigenvalue weighted by molar-refractivity contribution is 5.85. The van der Waals surface area contributed by atoms with Crippen LogP contribution in [-0.4, -0.2) is 31.1 Å². The predicted octanol–water partition coefficient (Wildman–Crippen LogP) is 5.94. The van der Waals surface area contributed by atoms with E-state index in [0.29, 0.717) is 6.61 Å². The van der Waals surface area contributed by atoms with Crippen LogP contribution in [0.5, 0.6) is 11.5 Å². The molecular formula is C27H32ClNO2. The molecule has 1 aliphatic heterocycles. The average molecular weight is 438 g/mol. The summed E-state index contributed by atoms with van der Waals surface area (Å²) in [5.41, 5.74) is 3.96. The highest BCUT2D eigenvalue weighted by atomic mass is 35.5. The summed E-state index contributed by atoms with van der Waals surface area (Å²) in [6.07, 6.45) is 2.46. The van der Waals surface area contributed by atoms with Crippen LogP contribution in [0.15, 0.2) is 78.9 Å². The molecule has 4 heteroatoms. The Hall–Kier alpha value is -2.49. The third kappa shape index (κ3) is 7.30. The third-order valence-electron chi connectivity index (χ3n) is 5.76. The van der Waals surface area contributed by atoms with Crippen molar-refractivity contribution in [2.75, 3.05) is 26.2 Å². The van der Waals surface area contributed by atoms with Gasteiger partial charge in [0, 0.05) is 13.1 Å². The summed E-state index contributed by atoms with van der Waals surface area (Å²) in [6, 6.07) is 27.1. The van der Waals surface area contributed by atoms with Gasteiger partial charge in [0.05, 0.1) is 0 Å². The number of rotatable bonds is 9. The van der Waals surface area contributed by atoms with Crippen molar-refractivity contribution in [2.45, 2.75) is 26.4 Å². The van der Waals surface area contributed by atoms with Crippen LogP contribution in [0.2, 0.25) is 0 Å². The number of aryl methyl sites for hydroxylation is 1. The summed E-state index contributed by atoms with van der Waals surface area (Å²) in [5, 5.41) is 0. The fraction of sp³-hybridized carbons (Fsp3) is 0.333. The molecule has 0 N–H and O–H groups in total. The fourth-order valence-corrected chi connectivity index (χ4v) is 4.01. The average Bonchev–Trinajstić information content (AvgIpc) is 3.23. The molecule has 4 rings (SSSR count). The van der Waals surface area contributed by atoms with E-state index in [-0.39, 0.29) is 12.4 Å². The van der Waals surface area contributed by atoms with Crippen LogP contribution in [0.1, 0.15) is 23.1 Å². The molecule has 0 aromatic heterocycles. The second kappa shape index (κ2) is 11.8. The van der Waals surface area contributed by atoms with E-state index in [0.717, 1.165) is 30.6 Å². The first kappa shape index (κ1) is 23.2. The minimum absolute atomic E-state index is 0. The summed E-state index contributed by atoms with van der Waals surface area (Å²) in [5.74, 6) is 2.52. The van der Waals surface area contributed by atoms with Gasteiger partial charge in [0.25, 0.3) is 0 Å². The molecule has 0 radical (unpaired) electrons. The maximum atomic E-state index is 5.96. The van der Waals surface area contributed by atoms with Crippen molar-refractivity contribution in [3.63, 3.8) is 0 Å². The maximum absolute atomic E-state index is 5.96. The summed E-state index contributed by atoms with van der Waals surface area (Å²) in [4.78, 5) is 2.52. The van der Waals surface area contributed by atoms with Crippen molar-refractivity contribution < 1.29 is 9.47 Å². The zero-order valence-corrected chi connectivity index (χ0v) is 19.0. The Bertz CT molecular complexity index is 897. The first-order valence-electron chi connectivity index (χ1n) is 10.9. The minimum Gasteiger partial charge on any atom is -0.492 e. The highest BCUT2D eigenvalue weighted by Crippen LogP contribution is 2.22. The van der Waals surface area contributed by atoms with Gasteiger partial charge in [0.2, 0.25) is 0 Å². The molecule has 0 bridgehead atoms. The predicted molar refractivity (Wildman–Crippen MR) is 129 cm³/mol. The largest absolute Gasteiger partial charge is 0.492 e. The van der Waals surface area contributed by atoms with E-state index in [4.69, 9.17) is 9.47 Å². The lowest BCUT2D eigenvalue weighted by Crippen LogP contribution is -2.26. The van der Waals surface area contributed by atoms with E-state index in [2.05, 4.69) is 48.2 Å². The van der Waals surface area contributed by atoms with Crippen LogP contribution in [0.25, 0.3) is 0 Å². The number of hydrogen-bond donors (Lipinski definition) is 0. The molecule has 1 atom stereocenters. The molecule has 0 spiro atoms. The molecule has 1 saturated heterocycles. The SMILES string of the molecule is Cc1ccc(CC2CCN(CCOc3ccc(OCc4ccccc4)cc3)C2)cc1.Cl. The van der Waals surface area contributed by atoms with Gasteiger partial charge < -0.3 is 9.47 Å². The zero-order valence-electron chi connectivity index (χ0n) is 18.2. The van der Waals surface area contributed by atoms with Crippen molar-refractivity contribution in [1.82, 2.24) is 4.90 Å². The number of hydrogen-bond acceptors (Lipinski definition) is 3. The van der Waals surface area contributed by atoms with Crippen LogP contribution in [0.3, 0.4) is 0 Å². The van der Waals surface area contributed by atoms with Gasteiger partial charge in [0.1, 0.15) is 24.7 Å². The van der Waals surface area contributed by atoms with E-state index >= 15 is 0 Å². The lowest BCUT2D eigenvalue weighted by atomic mass is 9.98. The smallest absolute Gasteiger partial charge is 0.120 e. The van der Waals surface area contributed by atoms with E-state index in [1.54, 1.807) is 0 Å². The molecule has 3 aromatic rings. The van der Waals surface area contributed by atoms with Crippen molar-refractivity contribution in [1.29, 1.82) is 0 Å². The molecule has 164 valence electrons.